The van der Waals surface area contributed by atoms with Crippen molar-refractivity contribution in [2.75, 3.05) is 6.26 Å². The van der Waals surface area contributed by atoms with Gasteiger partial charge in [-0.25, -0.2) is 8.42 Å². The summed E-state index contributed by atoms with van der Waals surface area (Å²) in [6, 6.07) is 16.9. The first-order chi connectivity index (χ1) is 14.7. The molecular weight excluding hydrogens is 436 g/mol. The van der Waals surface area contributed by atoms with Crippen molar-refractivity contribution in [1.82, 2.24) is 5.01 Å². The summed E-state index contributed by atoms with van der Waals surface area (Å²) in [5.41, 5.74) is 1.75. The van der Waals surface area contributed by atoms with Crippen molar-refractivity contribution in [1.29, 1.82) is 5.41 Å². The number of amidine groups is 2. The second-order valence-corrected chi connectivity index (χ2v) is 10.0. The standard InChI is InChI=1S/C21H18N4O4S2/c1-13(15-6-4-3-5-7-15)29-16-10-8-14(9-11-16)12-17-18(22)25-20(23-19(17)26)30-21(24-25)31(2,27)28/h3-13,22H,1-2H3/b17-12-,22-18?/t13-/m0/s1. The lowest BCUT2D eigenvalue weighted by atomic mass is 10.1. The molecule has 31 heavy (non-hydrogen) atoms. The predicted octanol–water partition coefficient (Wildman–Crippen LogP) is 3.45. The van der Waals surface area contributed by atoms with E-state index in [1.165, 1.54) is 6.08 Å². The van der Waals surface area contributed by atoms with Crippen LogP contribution < -0.4 is 4.74 Å². The molecule has 0 spiro atoms. The van der Waals surface area contributed by atoms with Crippen molar-refractivity contribution >= 4 is 49.0 Å². The van der Waals surface area contributed by atoms with E-state index in [4.69, 9.17) is 10.1 Å². The third-order valence-electron chi connectivity index (χ3n) is 4.53. The summed E-state index contributed by atoms with van der Waals surface area (Å²) in [5, 5.41) is 13.3. The number of nitrogens with zero attached hydrogens (tertiary/aromatic N) is 3. The first-order valence-corrected chi connectivity index (χ1v) is 11.9. The van der Waals surface area contributed by atoms with Gasteiger partial charge in [-0.3, -0.25) is 10.2 Å². The molecule has 0 saturated heterocycles. The van der Waals surface area contributed by atoms with Gasteiger partial charge in [-0.05, 0) is 48.0 Å². The van der Waals surface area contributed by atoms with E-state index in [-0.39, 0.29) is 27.1 Å². The van der Waals surface area contributed by atoms with E-state index in [2.05, 4.69) is 10.1 Å². The molecule has 0 unspecified atom stereocenters. The summed E-state index contributed by atoms with van der Waals surface area (Å²) < 4.78 is 29.2. The molecule has 8 nitrogen and oxygen atoms in total. The van der Waals surface area contributed by atoms with Crippen molar-refractivity contribution in [3.8, 4) is 5.75 Å². The Kier molecular flexibility index (Phi) is 5.50. The van der Waals surface area contributed by atoms with Gasteiger partial charge in [-0.2, -0.15) is 10.0 Å². The number of sulfone groups is 1. The number of hydrogen-bond donors (Lipinski definition) is 1. The van der Waals surface area contributed by atoms with Gasteiger partial charge in [0.2, 0.25) is 19.4 Å². The van der Waals surface area contributed by atoms with Crippen LogP contribution in [0.4, 0.5) is 0 Å². The lowest BCUT2D eigenvalue weighted by Crippen LogP contribution is -2.35. The quantitative estimate of drug-likeness (QED) is 0.708. The number of hydrazone groups is 1. The van der Waals surface area contributed by atoms with Gasteiger partial charge < -0.3 is 4.74 Å². The number of nitrogens with one attached hydrogen (secondary N) is 1. The van der Waals surface area contributed by atoms with Gasteiger partial charge >= 0.3 is 0 Å². The van der Waals surface area contributed by atoms with Gasteiger partial charge in [0, 0.05) is 6.26 Å². The van der Waals surface area contributed by atoms with E-state index in [0.29, 0.717) is 11.3 Å². The van der Waals surface area contributed by atoms with Crippen LogP contribution in [0.5, 0.6) is 5.75 Å². The van der Waals surface area contributed by atoms with E-state index in [1.54, 1.807) is 24.3 Å². The number of hydrogen-bond acceptors (Lipinski definition) is 7. The Bertz CT molecular complexity index is 1250. The Balaban J connectivity index is 1.53. The molecule has 1 atom stereocenters. The van der Waals surface area contributed by atoms with E-state index in [1.807, 2.05) is 37.3 Å². The van der Waals surface area contributed by atoms with Crippen molar-refractivity contribution < 1.29 is 17.9 Å². The van der Waals surface area contributed by atoms with E-state index < -0.39 is 15.7 Å². The fourth-order valence-corrected chi connectivity index (χ4v) is 4.61. The van der Waals surface area contributed by atoms with E-state index in [0.717, 1.165) is 28.6 Å². The zero-order valence-electron chi connectivity index (χ0n) is 16.6. The topological polar surface area (TPSA) is 112 Å². The first kappa shape index (κ1) is 21.0. The fraction of sp³-hybridized carbons (Fsp3) is 0.143. The molecular formula is C21H18N4O4S2. The van der Waals surface area contributed by atoms with Gasteiger partial charge in [0.1, 0.15) is 11.9 Å². The van der Waals surface area contributed by atoms with Crippen LogP contribution in [0, 0.1) is 5.41 Å². The highest BCUT2D eigenvalue weighted by molar-refractivity contribution is 8.42. The van der Waals surface area contributed by atoms with Crippen molar-refractivity contribution in [2.45, 2.75) is 13.0 Å². The number of carbonyl (C=O) groups excluding carboxylic acids is 1. The van der Waals surface area contributed by atoms with Crippen molar-refractivity contribution in [2.24, 2.45) is 10.1 Å². The Morgan fingerprint density at radius 2 is 1.81 bits per heavy atom. The number of ether oxygens (including phenoxy) is 1. The van der Waals surface area contributed by atoms with Crippen molar-refractivity contribution in [3.63, 3.8) is 0 Å². The SMILES string of the molecule is C[C@H](Oc1ccc(/C=C2/C(=N)N3N=C(S(C)(=O)=O)SC3=NC2=O)cc1)c1ccccc1. The third-order valence-corrected chi connectivity index (χ3v) is 7.10. The van der Waals surface area contributed by atoms with Crippen LogP contribution in [0.2, 0.25) is 0 Å². The number of carbonyl (C=O) groups is 1. The predicted molar refractivity (Wildman–Crippen MR) is 122 cm³/mol. The molecule has 0 bridgehead atoms. The average molecular weight is 455 g/mol. The highest BCUT2D eigenvalue weighted by Gasteiger charge is 2.38. The molecule has 2 aromatic rings. The Labute approximate surface area is 183 Å². The van der Waals surface area contributed by atoms with Crippen LogP contribution in [-0.4, -0.2) is 41.0 Å². The molecule has 2 heterocycles. The van der Waals surface area contributed by atoms with Gasteiger partial charge in [-0.15, -0.1) is 5.10 Å². The van der Waals surface area contributed by atoms with Crippen LogP contribution in [0.25, 0.3) is 6.08 Å². The average Bonchev–Trinajstić information content (AvgIpc) is 3.18. The van der Waals surface area contributed by atoms with Gasteiger partial charge in [0.05, 0.1) is 5.57 Å². The number of aliphatic imine (C=N–C) groups is 1. The lowest BCUT2D eigenvalue weighted by molar-refractivity contribution is -0.114. The Morgan fingerprint density at radius 3 is 2.45 bits per heavy atom. The van der Waals surface area contributed by atoms with Crippen LogP contribution in [0.15, 0.2) is 70.3 Å². The summed E-state index contributed by atoms with van der Waals surface area (Å²) in [4.78, 5) is 16.3. The number of benzene rings is 2. The highest BCUT2D eigenvalue weighted by atomic mass is 32.3. The first-order valence-electron chi connectivity index (χ1n) is 9.24. The maximum atomic E-state index is 12.4. The normalized spacial score (nSPS) is 18.5. The molecule has 1 N–H and O–H groups in total. The monoisotopic (exact) mass is 454 g/mol. The van der Waals surface area contributed by atoms with Crippen LogP contribution in [0.3, 0.4) is 0 Å². The number of amides is 1. The smallest absolute Gasteiger partial charge is 0.283 e. The molecule has 2 aromatic carbocycles. The number of fused-ring (bicyclic) bond motifs is 1. The molecule has 158 valence electrons. The summed E-state index contributed by atoms with van der Waals surface area (Å²) in [6.07, 6.45) is 2.41. The fourth-order valence-electron chi connectivity index (χ4n) is 2.93. The molecule has 10 heteroatoms. The Morgan fingerprint density at radius 1 is 1.13 bits per heavy atom. The van der Waals surface area contributed by atoms with Gasteiger partial charge in [-0.1, -0.05) is 42.5 Å². The molecule has 2 aliphatic rings. The van der Waals surface area contributed by atoms with Crippen LogP contribution in [-0.2, 0) is 14.6 Å². The molecule has 0 fully saturated rings. The third kappa shape index (κ3) is 4.44. The van der Waals surface area contributed by atoms with Gasteiger partial charge in [0.25, 0.3) is 5.91 Å². The highest BCUT2D eigenvalue weighted by Crippen LogP contribution is 2.30. The molecule has 0 saturated carbocycles. The summed E-state index contributed by atoms with van der Waals surface area (Å²) in [6.45, 7) is 1.96. The molecule has 0 aromatic heterocycles. The zero-order chi connectivity index (χ0) is 22.2. The molecule has 0 aliphatic carbocycles. The van der Waals surface area contributed by atoms with Crippen LogP contribution in [0.1, 0.15) is 24.2 Å². The minimum absolute atomic E-state index is 0.0224. The van der Waals surface area contributed by atoms with E-state index in [9.17, 15) is 13.2 Å². The molecule has 1 amide bonds. The van der Waals surface area contributed by atoms with Crippen molar-refractivity contribution in [3.05, 3.63) is 71.3 Å². The maximum Gasteiger partial charge on any atom is 0.283 e. The zero-order valence-corrected chi connectivity index (χ0v) is 18.3. The minimum Gasteiger partial charge on any atom is -0.486 e. The molecule has 2 aliphatic heterocycles. The minimum atomic E-state index is -3.56. The summed E-state index contributed by atoms with van der Waals surface area (Å²) in [7, 11) is -3.56. The second-order valence-electron chi connectivity index (χ2n) is 6.90. The van der Waals surface area contributed by atoms with E-state index >= 15 is 0 Å². The largest absolute Gasteiger partial charge is 0.486 e. The molecule has 4 rings (SSSR count). The Hall–Kier alpha value is -3.24. The summed E-state index contributed by atoms with van der Waals surface area (Å²) in [5.74, 6) is -0.173. The van der Waals surface area contributed by atoms with Gasteiger partial charge in [0.15, 0.2) is 5.84 Å². The number of thioether (sulfide) groups is 1. The maximum absolute atomic E-state index is 12.4. The summed E-state index contributed by atoms with van der Waals surface area (Å²) >= 11 is 0.756. The molecule has 0 radical (unpaired) electrons. The van der Waals surface area contributed by atoms with Crippen LogP contribution >= 0.6 is 11.8 Å². The second kappa shape index (κ2) is 8.12. The lowest BCUT2D eigenvalue weighted by Gasteiger charge is -2.20. The number of rotatable bonds is 4.